The number of carbonyl (C=O) groups excluding carboxylic acids is 2. The maximum absolute atomic E-state index is 12.3. The zero-order valence-corrected chi connectivity index (χ0v) is 17.4. The highest BCUT2D eigenvalue weighted by Crippen LogP contribution is 2.26. The first-order valence-corrected chi connectivity index (χ1v) is 10.1. The Kier molecular flexibility index (Phi) is 7.46. The van der Waals surface area contributed by atoms with Gasteiger partial charge in [0.05, 0.1) is 10.7 Å². The molecule has 5 nitrogen and oxygen atoms in total. The van der Waals surface area contributed by atoms with Crippen molar-refractivity contribution in [3.05, 3.63) is 77.8 Å². The number of hydrogen-bond donors (Lipinski definition) is 2. The van der Waals surface area contributed by atoms with Gasteiger partial charge in [0.1, 0.15) is 5.75 Å². The zero-order chi connectivity index (χ0) is 21.3. The predicted molar refractivity (Wildman–Crippen MR) is 121 cm³/mol. The first-order valence-electron chi connectivity index (χ1n) is 9.72. The number of rotatable bonds is 8. The van der Waals surface area contributed by atoms with Crippen LogP contribution in [0.3, 0.4) is 0 Å². The number of benzene rings is 3. The first kappa shape index (κ1) is 21.4. The molecule has 3 aromatic rings. The SMILES string of the molecule is CCCC(=O)Nc1ccc(Cl)c(NC(=O)COc2ccc(-c3ccccc3)cc2)c1. The molecule has 6 heteroatoms. The maximum atomic E-state index is 12.3. The summed E-state index contributed by atoms with van der Waals surface area (Å²) in [6, 6.07) is 22.5. The minimum atomic E-state index is -0.346. The molecule has 0 aliphatic rings. The molecule has 2 amide bonds. The van der Waals surface area contributed by atoms with Crippen LogP contribution in [0.1, 0.15) is 19.8 Å². The van der Waals surface area contributed by atoms with E-state index in [1.807, 2.05) is 61.5 Å². The van der Waals surface area contributed by atoms with Crippen molar-refractivity contribution >= 4 is 34.8 Å². The molecule has 0 unspecified atom stereocenters. The lowest BCUT2D eigenvalue weighted by atomic mass is 10.1. The average molecular weight is 423 g/mol. The summed E-state index contributed by atoms with van der Waals surface area (Å²) in [5, 5.41) is 5.88. The molecule has 3 rings (SSSR count). The molecule has 2 N–H and O–H groups in total. The van der Waals surface area contributed by atoms with Crippen LogP contribution in [-0.2, 0) is 9.59 Å². The van der Waals surface area contributed by atoms with Crippen LogP contribution in [0.2, 0.25) is 5.02 Å². The van der Waals surface area contributed by atoms with Crippen LogP contribution in [-0.4, -0.2) is 18.4 Å². The van der Waals surface area contributed by atoms with Crippen LogP contribution in [0.15, 0.2) is 72.8 Å². The van der Waals surface area contributed by atoms with Crippen molar-refractivity contribution in [3.63, 3.8) is 0 Å². The molecule has 0 spiro atoms. The molecular formula is C24H23ClN2O3. The highest BCUT2D eigenvalue weighted by Gasteiger charge is 2.09. The van der Waals surface area contributed by atoms with E-state index >= 15 is 0 Å². The number of amides is 2. The fourth-order valence-corrected chi connectivity index (χ4v) is 3.02. The van der Waals surface area contributed by atoms with Gasteiger partial charge in [-0.05, 0) is 47.9 Å². The van der Waals surface area contributed by atoms with E-state index in [0.29, 0.717) is 28.6 Å². The topological polar surface area (TPSA) is 67.4 Å². The lowest BCUT2D eigenvalue weighted by Crippen LogP contribution is -2.20. The molecule has 0 saturated carbocycles. The van der Waals surface area contributed by atoms with Crippen molar-refractivity contribution in [1.82, 2.24) is 0 Å². The molecule has 0 aromatic heterocycles. The van der Waals surface area contributed by atoms with Crippen molar-refractivity contribution in [3.8, 4) is 16.9 Å². The Morgan fingerprint density at radius 2 is 1.57 bits per heavy atom. The van der Waals surface area contributed by atoms with Crippen molar-refractivity contribution in [2.24, 2.45) is 0 Å². The molecule has 0 fully saturated rings. The monoisotopic (exact) mass is 422 g/mol. The average Bonchev–Trinajstić information content (AvgIpc) is 2.76. The summed E-state index contributed by atoms with van der Waals surface area (Å²) in [5.41, 5.74) is 3.17. The van der Waals surface area contributed by atoms with Gasteiger partial charge in [-0.2, -0.15) is 0 Å². The van der Waals surface area contributed by atoms with Gasteiger partial charge in [0.25, 0.3) is 5.91 Å². The molecule has 0 bridgehead atoms. The van der Waals surface area contributed by atoms with Gasteiger partial charge in [-0.1, -0.05) is 61.0 Å². The van der Waals surface area contributed by atoms with Gasteiger partial charge in [0, 0.05) is 12.1 Å². The normalized spacial score (nSPS) is 10.3. The van der Waals surface area contributed by atoms with E-state index in [4.69, 9.17) is 16.3 Å². The summed E-state index contributed by atoms with van der Waals surface area (Å²) in [4.78, 5) is 24.0. The third-order valence-corrected chi connectivity index (χ3v) is 4.66. The third-order valence-electron chi connectivity index (χ3n) is 4.33. The van der Waals surface area contributed by atoms with E-state index in [0.717, 1.165) is 17.5 Å². The number of halogens is 1. The number of hydrogen-bond acceptors (Lipinski definition) is 3. The summed E-state index contributed by atoms with van der Waals surface area (Å²) in [5.74, 6) is 0.164. The molecule has 0 heterocycles. The second kappa shape index (κ2) is 10.5. The van der Waals surface area contributed by atoms with Gasteiger partial charge < -0.3 is 15.4 Å². The van der Waals surface area contributed by atoms with E-state index in [2.05, 4.69) is 10.6 Å². The summed E-state index contributed by atoms with van der Waals surface area (Å²) in [6.07, 6.45) is 1.19. The minimum Gasteiger partial charge on any atom is -0.484 e. The molecular weight excluding hydrogens is 400 g/mol. The fraction of sp³-hybridized carbons (Fsp3) is 0.167. The van der Waals surface area contributed by atoms with Gasteiger partial charge >= 0.3 is 0 Å². The number of ether oxygens (including phenoxy) is 1. The van der Waals surface area contributed by atoms with Crippen LogP contribution in [0.5, 0.6) is 5.75 Å². The Labute approximate surface area is 181 Å². The van der Waals surface area contributed by atoms with Crippen LogP contribution in [0, 0.1) is 0 Å². The second-order valence-corrected chi connectivity index (χ2v) is 7.13. The Bertz CT molecular complexity index is 1000. The van der Waals surface area contributed by atoms with E-state index in [1.165, 1.54) is 0 Å². The van der Waals surface area contributed by atoms with E-state index < -0.39 is 0 Å². The minimum absolute atomic E-state index is 0.0839. The molecule has 0 aliphatic carbocycles. The maximum Gasteiger partial charge on any atom is 0.262 e. The summed E-state index contributed by atoms with van der Waals surface area (Å²) in [6.45, 7) is 1.77. The summed E-state index contributed by atoms with van der Waals surface area (Å²) >= 11 is 6.16. The Morgan fingerprint density at radius 3 is 2.27 bits per heavy atom. The number of carbonyl (C=O) groups is 2. The van der Waals surface area contributed by atoms with Crippen LogP contribution in [0.4, 0.5) is 11.4 Å². The van der Waals surface area contributed by atoms with E-state index in [1.54, 1.807) is 18.2 Å². The standard InChI is InChI=1S/C24H23ClN2O3/c1-2-6-23(28)26-19-11-14-21(25)22(15-19)27-24(29)16-30-20-12-9-18(10-13-20)17-7-4-3-5-8-17/h3-5,7-15H,2,6,16H2,1H3,(H,26,28)(H,27,29). The highest BCUT2D eigenvalue weighted by atomic mass is 35.5. The fourth-order valence-electron chi connectivity index (χ4n) is 2.86. The molecule has 0 aliphatic heterocycles. The number of nitrogens with one attached hydrogen (secondary N) is 2. The summed E-state index contributed by atoms with van der Waals surface area (Å²) in [7, 11) is 0. The van der Waals surface area contributed by atoms with Crippen molar-refractivity contribution in [2.45, 2.75) is 19.8 Å². The Hall–Kier alpha value is -3.31. The molecule has 3 aromatic carbocycles. The molecule has 30 heavy (non-hydrogen) atoms. The smallest absolute Gasteiger partial charge is 0.262 e. The molecule has 0 radical (unpaired) electrons. The van der Waals surface area contributed by atoms with E-state index in [-0.39, 0.29) is 18.4 Å². The molecule has 0 atom stereocenters. The van der Waals surface area contributed by atoms with Crippen molar-refractivity contribution < 1.29 is 14.3 Å². The van der Waals surface area contributed by atoms with E-state index in [9.17, 15) is 9.59 Å². The lowest BCUT2D eigenvalue weighted by Gasteiger charge is -2.11. The lowest BCUT2D eigenvalue weighted by molar-refractivity contribution is -0.118. The van der Waals surface area contributed by atoms with Gasteiger partial charge in [0.15, 0.2) is 6.61 Å². The number of anilines is 2. The molecule has 0 saturated heterocycles. The molecule has 154 valence electrons. The second-order valence-electron chi connectivity index (χ2n) is 6.72. The third kappa shape index (κ3) is 6.09. The van der Waals surface area contributed by atoms with Crippen LogP contribution >= 0.6 is 11.6 Å². The quantitative estimate of drug-likeness (QED) is 0.484. The van der Waals surface area contributed by atoms with Crippen molar-refractivity contribution in [2.75, 3.05) is 17.2 Å². The van der Waals surface area contributed by atoms with Crippen molar-refractivity contribution in [1.29, 1.82) is 0 Å². The Balaban J connectivity index is 1.56. The Morgan fingerprint density at radius 1 is 0.867 bits per heavy atom. The van der Waals surface area contributed by atoms with Gasteiger partial charge in [-0.3, -0.25) is 9.59 Å². The highest BCUT2D eigenvalue weighted by molar-refractivity contribution is 6.33. The zero-order valence-electron chi connectivity index (χ0n) is 16.7. The predicted octanol–water partition coefficient (Wildman–Crippen LogP) is 5.76. The van der Waals surface area contributed by atoms with Gasteiger partial charge in [0.2, 0.25) is 5.91 Å². The first-order chi connectivity index (χ1) is 14.5. The van der Waals surface area contributed by atoms with Gasteiger partial charge in [-0.25, -0.2) is 0 Å². The largest absolute Gasteiger partial charge is 0.484 e. The van der Waals surface area contributed by atoms with Gasteiger partial charge in [-0.15, -0.1) is 0 Å². The van der Waals surface area contributed by atoms with Crippen LogP contribution < -0.4 is 15.4 Å². The summed E-state index contributed by atoms with van der Waals surface area (Å²) < 4.78 is 5.57. The van der Waals surface area contributed by atoms with Crippen LogP contribution in [0.25, 0.3) is 11.1 Å².